The molecular weight excluding hydrogens is 174 g/mol. The maximum atomic E-state index is 11.7. The van der Waals surface area contributed by atoms with Gasteiger partial charge >= 0.3 is 0 Å². The molecule has 0 aliphatic rings. The van der Waals surface area contributed by atoms with Crippen molar-refractivity contribution >= 4 is 5.91 Å². The van der Waals surface area contributed by atoms with E-state index in [1.54, 1.807) is 0 Å². The van der Waals surface area contributed by atoms with Crippen molar-refractivity contribution in [3.63, 3.8) is 0 Å². The zero-order chi connectivity index (χ0) is 11.1. The third-order valence-electron chi connectivity index (χ3n) is 1.91. The highest BCUT2D eigenvalue weighted by atomic mass is 16.2. The number of amides is 1. The Bertz CT molecular complexity index is 154. The van der Waals surface area contributed by atoms with E-state index in [-0.39, 0.29) is 5.91 Å². The van der Waals surface area contributed by atoms with Crippen LogP contribution in [0.25, 0.3) is 0 Å². The molecule has 1 radical (unpaired) electrons. The molecule has 0 rings (SSSR count). The molecule has 0 saturated heterocycles. The Hall–Kier alpha value is -0.530. The fourth-order valence-corrected chi connectivity index (χ4v) is 1.47. The Morgan fingerprint density at radius 3 is 1.86 bits per heavy atom. The van der Waals surface area contributed by atoms with Crippen LogP contribution in [-0.2, 0) is 4.79 Å². The summed E-state index contributed by atoms with van der Waals surface area (Å²) in [6.45, 7) is 14.0. The third-order valence-corrected chi connectivity index (χ3v) is 1.91. The van der Waals surface area contributed by atoms with E-state index in [9.17, 15) is 4.79 Å². The van der Waals surface area contributed by atoms with Crippen molar-refractivity contribution in [3.8, 4) is 0 Å². The molecule has 0 fully saturated rings. The zero-order valence-corrected chi connectivity index (χ0v) is 10.0. The van der Waals surface area contributed by atoms with Crippen LogP contribution in [0, 0.1) is 18.8 Å². The summed E-state index contributed by atoms with van der Waals surface area (Å²) in [5.74, 6) is 1.34. The molecule has 0 unspecified atom stereocenters. The van der Waals surface area contributed by atoms with Crippen LogP contribution in [-0.4, -0.2) is 23.9 Å². The van der Waals surface area contributed by atoms with Crippen LogP contribution in [0.2, 0.25) is 0 Å². The van der Waals surface area contributed by atoms with Gasteiger partial charge in [0.1, 0.15) is 0 Å². The molecule has 0 N–H and O–H groups in total. The van der Waals surface area contributed by atoms with Crippen LogP contribution in [0.1, 0.15) is 40.5 Å². The average molecular weight is 198 g/mol. The first-order valence-electron chi connectivity index (χ1n) is 5.54. The molecule has 2 nitrogen and oxygen atoms in total. The van der Waals surface area contributed by atoms with Gasteiger partial charge in [-0.15, -0.1) is 0 Å². The van der Waals surface area contributed by atoms with Gasteiger partial charge in [0.25, 0.3) is 0 Å². The minimum Gasteiger partial charge on any atom is -0.342 e. The van der Waals surface area contributed by atoms with Crippen LogP contribution in [0.15, 0.2) is 0 Å². The van der Waals surface area contributed by atoms with E-state index >= 15 is 0 Å². The minimum absolute atomic E-state index is 0.252. The number of rotatable bonds is 6. The maximum Gasteiger partial charge on any atom is 0.222 e. The summed E-state index contributed by atoms with van der Waals surface area (Å²) in [7, 11) is 0. The van der Waals surface area contributed by atoms with Crippen molar-refractivity contribution < 1.29 is 4.79 Å². The molecule has 0 aliphatic carbocycles. The van der Waals surface area contributed by atoms with E-state index in [1.807, 2.05) is 4.90 Å². The fraction of sp³-hybridized carbons (Fsp3) is 0.833. The number of nitrogens with zero attached hydrogens (tertiary/aromatic N) is 1. The predicted octanol–water partition coefficient (Wildman–Crippen LogP) is 2.74. The molecule has 0 aromatic rings. The number of carbonyl (C=O) groups excluding carboxylic acids is 1. The molecular formula is C12H24NO. The van der Waals surface area contributed by atoms with Crippen LogP contribution in [0.3, 0.4) is 0 Å². The van der Waals surface area contributed by atoms with E-state index < -0.39 is 0 Å². The van der Waals surface area contributed by atoms with E-state index in [4.69, 9.17) is 0 Å². The molecule has 83 valence electrons. The van der Waals surface area contributed by atoms with Crippen molar-refractivity contribution in [2.45, 2.75) is 40.5 Å². The highest BCUT2D eigenvalue weighted by molar-refractivity contribution is 5.76. The van der Waals surface area contributed by atoms with Gasteiger partial charge in [-0.05, 0) is 18.3 Å². The molecule has 0 spiro atoms. The molecule has 0 aromatic heterocycles. The van der Waals surface area contributed by atoms with Crippen molar-refractivity contribution in [2.75, 3.05) is 13.1 Å². The van der Waals surface area contributed by atoms with Crippen LogP contribution in [0.4, 0.5) is 0 Å². The van der Waals surface area contributed by atoms with E-state index in [2.05, 4.69) is 34.6 Å². The Kier molecular flexibility index (Phi) is 6.60. The summed E-state index contributed by atoms with van der Waals surface area (Å²) < 4.78 is 0. The summed E-state index contributed by atoms with van der Waals surface area (Å²) in [6.07, 6.45) is 1.28. The molecule has 0 heterocycles. The average Bonchev–Trinajstić information content (AvgIpc) is 2.01. The lowest BCUT2D eigenvalue weighted by Crippen LogP contribution is -2.36. The van der Waals surface area contributed by atoms with Gasteiger partial charge in [-0.1, -0.05) is 34.6 Å². The van der Waals surface area contributed by atoms with Crippen molar-refractivity contribution in [1.29, 1.82) is 0 Å². The molecule has 0 aliphatic heterocycles. The maximum absolute atomic E-state index is 11.7. The van der Waals surface area contributed by atoms with Gasteiger partial charge in [-0.3, -0.25) is 4.79 Å². The lowest BCUT2D eigenvalue weighted by molar-refractivity contribution is -0.132. The van der Waals surface area contributed by atoms with Gasteiger partial charge in [0.15, 0.2) is 0 Å². The molecule has 0 atom stereocenters. The minimum atomic E-state index is 0.252. The summed E-state index contributed by atoms with van der Waals surface area (Å²) >= 11 is 0. The zero-order valence-electron chi connectivity index (χ0n) is 10.0. The summed E-state index contributed by atoms with van der Waals surface area (Å²) in [6, 6.07) is 0. The molecule has 0 aromatic carbocycles. The first-order valence-corrected chi connectivity index (χ1v) is 5.54. The van der Waals surface area contributed by atoms with Crippen molar-refractivity contribution in [3.05, 3.63) is 6.92 Å². The van der Waals surface area contributed by atoms with Gasteiger partial charge in [0.2, 0.25) is 5.91 Å². The highest BCUT2D eigenvalue weighted by Gasteiger charge is 2.14. The third kappa shape index (κ3) is 6.01. The first-order chi connectivity index (χ1) is 6.47. The standard InChI is InChI=1S/C12H24NO/c1-6-7-12(14)13(8-10(2)3)9-11(4)5/h10-11H,1,6-9H2,2-5H3. The smallest absolute Gasteiger partial charge is 0.222 e. The highest BCUT2D eigenvalue weighted by Crippen LogP contribution is 2.06. The van der Waals surface area contributed by atoms with E-state index in [1.165, 1.54) is 0 Å². The number of carbonyl (C=O) groups is 1. The summed E-state index contributed by atoms with van der Waals surface area (Å²) in [4.78, 5) is 13.7. The molecule has 14 heavy (non-hydrogen) atoms. The van der Waals surface area contributed by atoms with Gasteiger partial charge in [0, 0.05) is 19.5 Å². The second-order valence-corrected chi connectivity index (χ2v) is 4.69. The summed E-state index contributed by atoms with van der Waals surface area (Å²) in [5.41, 5.74) is 0. The summed E-state index contributed by atoms with van der Waals surface area (Å²) in [5, 5.41) is 0. The Labute approximate surface area is 88.7 Å². The van der Waals surface area contributed by atoms with Gasteiger partial charge in [0.05, 0.1) is 0 Å². The second-order valence-electron chi connectivity index (χ2n) is 4.69. The van der Waals surface area contributed by atoms with Crippen LogP contribution < -0.4 is 0 Å². The number of hydrogen-bond acceptors (Lipinski definition) is 1. The molecule has 2 heteroatoms. The monoisotopic (exact) mass is 198 g/mol. The predicted molar refractivity (Wildman–Crippen MR) is 60.8 cm³/mol. The molecule has 0 saturated carbocycles. The Morgan fingerprint density at radius 1 is 1.14 bits per heavy atom. The van der Waals surface area contributed by atoms with Gasteiger partial charge in [-0.2, -0.15) is 0 Å². The van der Waals surface area contributed by atoms with Crippen molar-refractivity contribution in [2.24, 2.45) is 11.8 Å². The van der Waals surface area contributed by atoms with E-state index in [0.29, 0.717) is 24.7 Å². The van der Waals surface area contributed by atoms with Crippen molar-refractivity contribution in [1.82, 2.24) is 4.90 Å². The topological polar surface area (TPSA) is 20.3 Å². The SMILES string of the molecule is [CH2]CCC(=O)N(CC(C)C)CC(C)C. The van der Waals surface area contributed by atoms with Gasteiger partial charge < -0.3 is 4.90 Å². The lowest BCUT2D eigenvalue weighted by Gasteiger charge is -2.26. The fourth-order valence-electron chi connectivity index (χ4n) is 1.47. The Morgan fingerprint density at radius 2 is 1.57 bits per heavy atom. The van der Waals surface area contributed by atoms with Gasteiger partial charge in [-0.25, -0.2) is 0 Å². The first kappa shape index (κ1) is 13.5. The number of hydrogen-bond donors (Lipinski definition) is 0. The normalized spacial score (nSPS) is 11.1. The lowest BCUT2D eigenvalue weighted by atomic mass is 10.1. The molecule has 1 amide bonds. The largest absolute Gasteiger partial charge is 0.342 e. The van der Waals surface area contributed by atoms with E-state index in [0.717, 1.165) is 13.1 Å². The Balaban J connectivity index is 4.15. The quantitative estimate of drug-likeness (QED) is 0.642. The molecule has 0 bridgehead atoms. The second kappa shape index (κ2) is 6.86. The van der Waals surface area contributed by atoms with Crippen LogP contribution >= 0.6 is 0 Å². The van der Waals surface area contributed by atoms with Crippen LogP contribution in [0.5, 0.6) is 0 Å².